The van der Waals surface area contributed by atoms with Crippen LogP contribution in [0.2, 0.25) is 0 Å². The van der Waals surface area contributed by atoms with Gasteiger partial charge in [0.05, 0.1) is 24.2 Å². The second kappa shape index (κ2) is 7.34. The molecule has 3 rings (SSSR count). The Hall–Kier alpha value is -2.88. The van der Waals surface area contributed by atoms with E-state index in [-0.39, 0.29) is 17.7 Å². The number of fused-ring (bicyclic) bond motifs is 1. The predicted octanol–water partition coefficient (Wildman–Crippen LogP) is 4.62. The zero-order chi connectivity index (χ0) is 17.8. The van der Waals surface area contributed by atoms with Crippen molar-refractivity contribution in [2.45, 2.75) is 19.8 Å². The fourth-order valence-corrected chi connectivity index (χ4v) is 3.07. The lowest BCUT2D eigenvalue weighted by atomic mass is 9.87. The summed E-state index contributed by atoms with van der Waals surface area (Å²) in [6, 6.07) is 17.4. The summed E-state index contributed by atoms with van der Waals surface area (Å²) >= 11 is 0. The van der Waals surface area contributed by atoms with Gasteiger partial charge in [0.25, 0.3) is 0 Å². The SMILES string of the molecule is COc1ccc(C(C(=O)Nc2cccc3cccnc23)C(C)C)cc1. The third kappa shape index (κ3) is 3.63. The average Bonchev–Trinajstić information content (AvgIpc) is 2.62. The van der Waals surface area contributed by atoms with E-state index < -0.39 is 0 Å². The number of ether oxygens (including phenoxy) is 1. The quantitative estimate of drug-likeness (QED) is 0.740. The number of anilines is 1. The molecule has 1 amide bonds. The molecule has 1 unspecified atom stereocenters. The number of hydrogen-bond donors (Lipinski definition) is 1. The molecule has 4 nitrogen and oxygen atoms in total. The molecule has 128 valence electrons. The van der Waals surface area contributed by atoms with Crippen LogP contribution < -0.4 is 10.1 Å². The van der Waals surface area contributed by atoms with Gasteiger partial charge in [-0.25, -0.2) is 0 Å². The summed E-state index contributed by atoms with van der Waals surface area (Å²) in [6.07, 6.45) is 1.74. The number of rotatable bonds is 5. The lowest BCUT2D eigenvalue weighted by molar-refractivity contribution is -0.118. The maximum atomic E-state index is 13.0. The molecule has 1 heterocycles. The summed E-state index contributed by atoms with van der Waals surface area (Å²) in [5.74, 6) is 0.671. The zero-order valence-corrected chi connectivity index (χ0v) is 14.7. The third-order valence-electron chi connectivity index (χ3n) is 4.31. The van der Waals surface area contributed by atoms with E-state index in [4.69, 9.17) is 4.74 Å². The van der Waals surface area contributed by atoms with Gasteiger partial charge < -0.3 is 10.1 Å². The summed E-state index contributed by atoms with van der Waals surface area (Å²) in [7, 11) is 1.63. The molecule has 2 aromatic carbocycles. The van der Waals surface area contributed by atoms with E-state index in [0.717, 1.165) is 27.9 Å². The van der Waals surface area contributed by atoms with Crippen LogP contribution in [0.4, 0.5) is 5.69 Å². The Morgan fingerprint density at radius 2 is 1.76 bits per heavy atom. The highest BCUT2D eigenvalue weighted by molar-refractivity contribution is 6.02. The molecule has 4 heteroatoms. The Labute approximate surface area is 147 Å². The lowest BCUT2D eigenvalue weighted by Crippen LogP contribution is -2.25. The van der Waals surface area contributed by atoms with E-state index in [0.29, 0.717) is 0 Å². The number of hydrogen-bond acceptors (Lipinski definition) is 3. The van der Waals surface area contributed by atoms with Crippen LogP contribution >= 0.6 is 0 Å². The molecule has 0 aliphatic rings. The fraction of sp³-hybridized carbons (Fsp3) is 0.238. The number of pyridine rings is 1. The summed E-state index contributed by atoms with van der Waals surface area (Å²) in [4.78, 5) is 17.4. The summed E-state index contributed by atoms with van der Waals surface area (Å²) in [5.41, 5.74) is 2.51. The summed E-state index contributed by atoms with van der Waals surface area (Å²) in [5, 5.41) is 4.07. The van der Waals surface area contributed by atoms with Crippen molar-refractivity contribution in [2.75, 3.05) is 12.4 Å². The standard InChI is InChI=1S/C21H22N2O2/c1-14(2)19(15-9-11-17(25-3)12-10-15)21(24)23-18-8-4-6-16-7-5-13-22-20(16)18/h4-14,19H,1-3H3,(H,23,24). The first-order chi connectivity index (χ1) is 12.1. The number of amides is 1. The molecule has 0 bridgehead atoms. The largest absolute Gasteiger partial charge is 0.497 e. The average molecular weight is 334 g/mol. The van der Waals surface area contributed by atoms with Gasteiger partial charge in [0.2, 0.25) is 5.91 Å². The molecule has 1 atom stereocenters. The molecule has 0 aliphatic heterocycles. The van der Waals surface area contributed by atoms with Crippen molar-refractivity contribution in [3.63, 3.8) is 0 Å². The van der Waals surface area contributed by atoms with Crippen LogP contribution in [-0.2, 0) is 4.79 Å². The molecule has 0 spiro atoms. The molecular formula is C21H22N2O2. The topological polar surface area (TPSA) is 51.2 Å². The Bertz CT molecular complexity index is 867. The Morgan fingerprint density at radius 3 is 2.44 bits per heavy atom. The molecule has 3 aromatic rings. The second-order valence-corrected chi connectivity index (χ2v) is 6.36. The molecule has 1 aromatic heterocycles. The molecule has 0 saturated heterocycles. The van der Waals surface area contributed by atoms with Crippen molar-refractivity contribution < 1.29 is 9.53 Å². The number of aromatic nitrogens is 1. The minimum absolute atomic E-state index is 0.0293. The van der Waals surface area contributed by atoms with Crippen LogP contribution in [0.1, 0.15) is 25.3 Å². The van der Waals surface area contributed by atoms with Crippen molar-refractivity contribution in [2.24, 2.45) is 5.92 Å². The number of nitrogens with one attached hydrogen (secondary N) is 1. The predicted molar refractivity (Wildman–Crippen MR) is 101 cm³/mol. The van der Waals surface area contributed by atoms with Crippen molar-refractivity contribution in [1.29, 1.82) is 0 Å². The first kappa shape index (κ1) is 17.0. The van der Waals surface area contributed by atoms with E-state index in [9.17, 15) is 4.79 Å². The van der Waals surface area contributed by atoms with Crippen LogP contribution in [0.15, 0.2) is 60.8 Å². The maximum Gasteiger partial charge on any atom is 0.232 e. The highest BCUT2D eigenvalue weighted by Gasteiger charge is 2.24. The van der Waals surface area contributed by atoms with Gasteiger partial charge in [0.1, 0.15) is 5.75 Å². The van der Waals surface area contributed by atoms with Gasteiger partial charge in [-0.1, -0.05) is 44.2 Å². The minimum Gasteiger partial charge on any atom is -0.497 e. The van der Waals surface area contributed by atoms with E-state index in [1.54, 1.807) is 13.3 Å². The lowest BCUT2D eigenvalue weighted by Gasteiger charge is -2.21. The number of carbonyl (C=O) groups excluding carboxylic acids is 1. The molecule has 25 heavy (non-hydrogen) atoms. The normalized spacial score (nSPS) is 12.2. The van der Waals surface area contributed by atoms with Crippen molar-refractivity contribution >= 4 is 22.5 Å². The Morgan fingerprint density at radius 1 is 1.04 bits per heavy atom. The molecule has 0 aliphatic carbocycles. The fourth-order valence-electron chi connectivity index (χ4n) is 3.07. The minimum atomic E-state index is -0.245. The van der Waals surface area contributed by atoms with Crippen LogP contribution in [-0.4, -0.2) is 18.0 Å². The first-order valence-corrected chi connectivity index (χ1v) is 8.38. The van der Waals surface area contributed by atoms with E-state index in [1.165, 1.54) is 0 Å². The van der Waals surface area contributed by atoms with Gasteiger partial charge in [0, 0.05) is 11.6 Å². The van der Waals surface area contributed by atoms with Crippen molar-refractivity contribution in [3.8, 4) is 5.75 Å². The smallest absolute Gasteiger partial charge is 0.232 e. The monoisotopic (exact) mass is 334 g/mol. The molecule has 0 radical (unpaired) electrons. The molecule has 0 saturated carbocycles. The molecule has 0 fully saturated rings. The highest BCUT2D eigenvalue weighted by atomic mass is 16.5. The first-order valence-electron chi connectivity index (χ1n) is 8.38. The van der Waals surface area contributed by atoms with Gasteiger partial charge in [-0.15, -0.1) is 0 Å². The number of carbonyl (C=O) groups is 1. The van der Waals surface area contributed by atoms with E-state index in [2.05, 4.69) is 24.1 Å². The summed E-state index contributed by atoms with van der Waals surface area (Å²) in [6.45, 7) is 4.10. The van der Waals surface area contributed by atoms with Crippen LogP contribution in [0.3, 0.4) is 0 Å². The van der Waals surface area contributed by atoms with Crippen molar-refractivity contribution in [3.05, 3.63) is 66.4 Å². The van der Waals surface area contributed by atoms with Gasteiger partial charge >= 0.3 is 0 Å². The third-order valence-corrected chi connectivity index (χ3v) is 4.31. The molecular weight excluding hydrogens is 312 g/mol. The maximum absolute atomic E-state index is 13.0. The summed E-state index contributed by atoms with van der Waals surface area (Å²) < 4.78 is 5.20. The van der Waals surface area contributed by atoms with Crippen LogP contribution in [0.5, 0.6) is 5.75 Å². The Kier molecular flexibility index (Phi) is 4.98. The number of para-hydroxylation sites is 1. The van der Waals surface area contributed by atoms with Crippen molar-refractivity contribution in [1.82, 2.24) is 4.98 Å². The second-order valence-electron chi connectivity index (χ2n) is 6.36. The number of benzene rings is 2. The van der Waals surface area contributed by atoms with Gasteiger partial charge in [-0.05, 0) is 35.7 Å². The van der Waals surface area contributed by atoms with Crippen LogP contribution in [0.25, 0.3) is 10.9 Å². The highest BCUT2D eigenvalue weighted by Crippen LogP contribution is 2.29. The van der Waals surface area contributed by atoms with E-state index >= 15 is 0 Å². The van der Waals surface area contributed by atoms with E-state index in [1.807, 2.05) is 54.6 Å². The van der Waals surface area contributed by atoms with Gasteiger partial charge in [-0.2, -0.15) is 0 Å². The number of methoxy groups -OCH3 is 1. The zero-order valence-electron chi connectivity index (χ0n) is 14.7. The van der Waals surface area contributed by atoms with Gasteiger partial charge in [0.15, 0.2) is 0 Å². The Balaban J connectivity index is 1.90. The van der Waals surface area contributed by atoms with Crippen LogP contribution in [0, 0.1) is 5.92 Å². The van der Waals surface area contributed by atoms with Gasteiger partial charge in [-0.3, -0.25) is 9.78 Å². The number of nitrogens with zero attached hydrogens (tertiary/aromatic N) is 1. The molecule has 1 N–H and O–H groups in total.